The molecule has 4 atom stereocenters. The molecule has 0 bridgehead atoms. The SMILES string of the molecule is Brc1ccccc1C1OC=C(C2Nc3ccccc3C3C=CCC23)O1. The molecule has 126 valence electrons. The number of allylic oxidation sites excluding steroid dienone is 2. The molecule has 4 heteroatoms. The van der Waals surface area contributed by atoms with Gasteiger partial charge in [-0.25, -0.2) is 0 Å². The fourth-order valence-corrected chi connectivity index (χ4v) is 4.55. The van der Waals surface area contributed by atoms with E-state index in [1.165, 1.54) is 11.3 Å². The second kappa shape index (κ2) is 5.95. The highest BCUT2D eigenvalue weighted by molar-refractivity contribution is 9.10. The van der Waals surface area contributed by atoms with Crippen molar-refractivity contribution in [3.63, 3.8) is 0 Å². The molecule has 1 aliphatic carbocycles. The van der Waals surface area contributed by atoms with Gasteiger partial charge in [0.2, 0.25) is 0 Å². The summed E-state index contributed by atoms with van der Waals surface area (Å²) < 4.78 is 13.1. The Hall–Kier alpha value is -2.20. The molecule has 0 amide bonds. The number of hydrogen-bond donors (Lipinski definition) is 1. The maximum absolute atomic E-state index is 6.21. The monoisotopic (exact) mass is 395 g/mol. The second-order valence-corrected chi connectivity index (χ2v) is 7.54. The van der Waals surface area contributed by atoms with Gasteiger partial charge in [0.15, 0.2) is 5.76 Å². The third-order valence-corrected chi connectivity index (χ3v) is 6.01. The van der Waals surface area contributed by atoms with E-state index < -0.39 is 6.29 Å². The summed E-state index contributed by atoms with van der Waals surface area (Å²) in [6.45, 7) is 0. The Morgan fingerprint density at radius 1 is 1.00 bits per heavy atom. The van der Waals surface area contributed by atoms with Crippen LogP contribution in [0.15, 0.2) is 77.2 Å². The van der Waals surface area contributed by atoms with E-state index in [0.717, 1.165) is 22.2 Å². The van der Waals surface area contributed by atoms with Gasteiger partial charge in [0.25, 0.3) is 6.29 Å². The first kappa shape index (κ1) is 15.1. The zero-order chi connectivity index (χ0) is 16.8. The van der Waals surface area contributed by atoms with Crippen LogP contribution in [0.3, 0.4) is 0 Å². The highest BCUT2D eigenvalue weighted by Crippen LogP contribution is 2.47. The number of ether oxygens (including phenoxy) is 2. The molecule has 2 aliphatic heterocycles. The number of halogens is 1. The largest absolute Gasteiger partial charge is 0.455 e. The van der Waals surface area contributed by atoms with Crippen molar-refractivity contribution in [2.75, 3.05) is 5.32 Å². The predicted molar refractivity (Wildman–Crippen MR) is 101 cm³/mol. The van der Waals surface area contributed by atoms with Gasteiger partial charge in [-0.3, -0.25) is 0 Å². The third-order valence-electron chi connectivity index (χ3n) is 5.29. The van der Waals surface area contributed by atoms with Crippen LogP contribution in [0, 0.1) is 5.92 Å². The Labute approximate surface area is 155 Å². The molecule has 0 saturated heterocycles. The molecule has 1 N–H and O–H groups in total. The molecule has 0 fully saturated rings. The number of fused-ring (bicyclic) bond motifs is 3. The maximum Gasteiger partial charge on any atom is 0.267 e. The summed E-state index contributed by atoms with van der Waals surface area (Å²) >= 11 is 3.58. The zero-order valence-electron chi connectivity index (χ0n) is 13.6. The summed E-state index contributed by atoms with van der Waals surface area (Å²) in [6.07, 6.45) is 7.06. The Morgan fingerprint density at radius 2 is 1.80 bits per heavy atom. The van der Waals surface area contributed by atoms with Gasteiger partial charge in [-0.15, -0.1) is 0 Å². The summed E-state index contributed by atoms with van der Waals surface area (Å²) in [5, 5.41) is 3.67. The molecular weight excluding hydrogens is 378 g/mol. The average molecular weight is 396 g/mol. The van der Waals surface area contributed by atoms with Gasteiger partial charge >= 0.3 is 0 Å². The van der Waals surface area contributed by atoms with Gasteiger partial charge in [-0.1, -0.05) is 64.5 Å². The van der Waals surface area contributed by atoms with Crippen molar-refractivity contribution in [3.8, 4) is 0 Å². The number of rotatable bonds is 2. The van der Waals surface area contributed by atoms with Crippen LogP contribution in [-0.4, -0.2) is 6.04 Å². The normalized spacial score (nSPS) is 29.1. The Balaban J connectivity index is 1.42. The molecule has 2 aromatic rings. The van der Waals surface area contributed by atoms with Crippen molar-refractivity contribution in [2.45, 2.75) is 24.7 Å². The van der Waals surface area contributed by atoms with Crippen LogP contribution in [0.5, 0.6) is 0 Å². The van der Waals surface area contributed by atoms with Gasteiger partial charge in [-0.2, -0.15) is 0 Å². The van der Waals surface area contributed by atoms with Crippen LogP contribution in [0.2, 0.25) is 0 Å². The first-order chi connectivity index (χ1) is 12.3. The smallest absolute Gasteiger partial charge is 0.267 e. The average Bonchev–Trinajstić information content (AvgIpc) is 3.31. The van der Waals surface area contributed by atoms with Crippen LogP contribution >= 0.6 is 15.9 Å². The van der Waals surface area contributed by atoms with Crippen LogP contribution in [0.1, 0.15) is 29.8 Å². The van der Waals surface area contributed by atoms with E-state index in [4.69, 9.17) is 9.47 Å². The second-order valence-electron chi connectivity index (χ2n) is 6.69. The fourth-order valence-electron chi connectivity index (χ4n) is 4.08. The Bertz CT molecular complexity index is 876. The summed E-state index contributed by atoms with van der Waals surface area (Å²) in [7, 11) is 0. The molecular formula is C21H18BrNO2. The van der Waals surface area contributed by atoms with Crippen molar-refractivity contribution in [1.29, 1.82) is 0 Å². The zero-order valence-corrected chi connectivity index (χ0v) is 15.1. The van der Waals surface area contributed by atoms with E-state index in [1.54, 1.807) is 6.26 Å². The number of para-hydroxylation sites is 1. The first-order valence-electron chi connectivity index (χ1n) is 8.60. The summed E-state index contributed by atoms with van der Waals surface area (Å²) in [6, 6.07) is 16.7. The van der Waals surface area contributed by atoms with Crippen molar-refractivity contribution in [3.05, 3.63) is 88.3 Å². The minimum Gasteiger partial charge on any atom is -0.455 e. The van der Waals surface area contributed by atoms with Crippen LogP contribution < -0.4 is 5.32 Å². The lowest BCUT2D eigenvalue weighted by Gasteiger charge is -2.37. The predicted octanol–water partition coefficient (Wildman–Crippen LogP) is 5.49. The lowest BCUT2D eigenvalue weighted by molar-refractivity contribution is -0.0385. The van der Waals surface area contributed by atoms with Gasteiger partial charge in [0, 0.05) is 27.6 Å². The number of anilines is 1. The van der Waals surface area contributed by atoms with Crippen LogP contribution in [0.4, 0.5) is 5.69 Å². The first-order valence-corrected chi connectivity index (χ1v) is 9.39. The van der Waals surface area contributed by atoms with E-state index in [2.05, 4.69) is 57.7 Å². The van der Waals surface area contributed by atoms with E-state index in [9.17, 15) is 0 Å². The standard InChI is InChI=1S/C21H18BrNO2/c22-17-10-3-1-7-16(17)21-24-12-19(25-21)20-15-9-5-8-13(15)14-6-2-4-11-18(14)23-20/h1-8,10-13,15,20-21,23H,9H2. The summed E-state index contributed by atoms with van der Waals surface area (Å²) in [4.78, 5) is 0. The van der Waals surface area contributed by atoms with Crippen molar-refractivity contribution >= 4 is 21.6 Å². The van der Waals surface area contributed by atoms with E-state index in [1.807, 2.05) is 24.3 Å². The van der Waals surface area contributed by atoms with Crippen molar-refractivity contribution in [2.24, 2.45) is 5.92 Å². The molecule has 0 radical (unpaired) electrons. The highest BCUT2D eigenvalue weighted by atomic mass is 79.9. The van der Waals surface area contributed by atoms with Crippen LogP contribution in [0.25, 0.3) is 0 Å². The lowest BCUT2D eigenvalue weighted by Crippen LogP contribution is -2.37. The molecule has 5 rings (SSSR count). The molecule has 3 nitrogen and oxygen atoms in total. The fraction of sp³-hybridized carbons (Fsp3) is 0.238. The highest BCUT2D eigenvalue weighted by Gasteiger charge is 2.41. The molecule has 2 aromatic carbocycles. The Kier molecular flexibility index (Phi) is 3.59. The lowest BCUT2D eigenvalue weighted by atomic mass is 9.79. The van der Waals surface area contributed by atoms with Gasteiger partial charge in [0.05, 0.1) is 6.04 Å². The third kappa shape index (κ3) is 2.47. The van der Waals surface area contributed by atoms with Gasteiger partial charge in [-0.05, 0) is 24.1 Å². The Morgan fingerprint density at radius 3 is 2.68 bits per heavy atom. The molecule has 2 heterocycles. The number of benzene rings is 2. The molecule has 0 spiro atoms. The van der Waals surface area contributed by atoms with Gasteiger partial charge < -0.3 is 14.8 Å². The van der Waals surface area contributed by atoms with E-state index >= 15 is 0 Å². The van der Waals surface area contributed by atoms with E-state index in [-0.39, 0.29) is 6.04 Å². The summed E-state index contributed by atoms with van der Waals surface area (Å²) in [5.74, 6) is 1.78. The molecule has 25 heavy (non-hydrogen) atoms. The minimum absolute atomic E-state index is 0.127. The van der Waals surface area contributed by atoms with E-state index in [0.29, 0.717) is 11.8 Å². The number of nitrogens with one attached hydrogen (secondary N) is 1. The summed E-state index contributed by atoms with van der Waals surface area (Å²) in [5.41, 5.74) is 3.57. The molecule has 0 saturated carbocycles. The van der Waals surface area contributed by atoms with Crippen molar-refractivity contribution < 1.29 is 9.47 Å². The van der Waals surface area contributed by atoms with Gasteiger partial charge in [0.1, 0.15) is 6.26 Å². The quantitative estimate of drug-likeness (QED) is 0.681. The van der Waals surface area contributed by atoms with Crippen molar-refractivity contribution in [1.82, 2.24) is 0 Å². The topological polar surface area (TPSA) is 30.5 Å². The maximum atomic E-state index is 6.21. The molecule has 3 aliphatic rings. The molecule has 0 aromatic heterocycles. The van der Waals surface area contributed by atoms with Crippen LogP contribution in [-0.2, 0) is 9.47 Å². The minimum atomic E-state index is -0.391. The number of hydrogen-bond acceptors (Lipinski definition) is 3. The molecule has 4 unspecified atom stereocenters.